The number of aryl methyl sites for hydroxylation is 4. The molecule has 2 aliphatic rings. The predicted molar refractivity (Wildman–Crippen MR) is 284 cm³/mol. The van der Waals surface area contributed by atoms with Crippen LogP contribution in [0.5, 0.6) is 0 Å². The molecule has 0 saturated heterocycles. The second-order valence-corrected chi connectivity index (χ2v) is 19.7. The van der Waals surface area contributed by atoms with E-state index < -0.39 is 0 Å². The monoisotopic (exact) mass is 912 g/mol. The summed E-state index contributed by atoms with van der Waals surface area (Å²) in [7, 11) is 0. The van der Waals surface area contributed by atoms with Gasteiger partial charge in [0.25, 0.3) is 0 Å². The molecule has 0 bridgehead atoms. The third-order valence-electron chi connectivity index (χ3n) is 13.8. The Morgan fingerprint density at radius 1 is 0.353 bits per heavy atom. The molecule has 13 rings (SSSR count). The zero-order chi connectivity index (χ0) is 45.3. The maximum Gasteiger partial charge on any atom is 0.192 e. The van der Waals surface area contributed by atoms with Gasteiger partial charge in [0.2, 0.25) is 0 Å². The van der Waals surface area contributed by atoms with Gasteiger partial charge >= 0.3 is 0 Å². The van der Waals surface area contributed by atoms with Crippen molar-refractivity contribution < 1.29 is 0 Å². The first-order chi connectivity index (χ1) is 33.5. The first kappa shape index (κ1) is 40.5. The molecular weight excluding hydrogens is 869 g/mol. The van der Waals surface area contributed by atoms with E-state index in [1.54, 1.807) is 22.7 Å². The van der Waals surface area contributed by atoms with Crippen molar-refractivity contribution in [3.63, 3.8) is 0 Å². The van der Waals surface area contributed by atoms with Crippen LogP contribution >= 0.6 is 22.7 Å². The minimum atomic E-state index is 0.624. The normalized spacial score (nSPS) is 13.1. The Hall–Kier alpha value is -7.78. The van der Waals surface area contributed by atoms with Crippen LogP contribution in [-0.2, 0) is 25.7 Å². The van der Waals surface area contributed by atoms with E-state index in [1.807, 2.05) is 0 Å². The van der Waals surface area contributed by atoms with Gasteiger partial charge in [0.05, 0.1) is 0 Å². The van der Waals surface area contributed by atoms with Crippen molar-refractivity contribution in [2.75, 3.05) is 9.80 Å². The van der Waals surface area contributed by atoms with Gasteiger partial charge < -0.3 is 9.80 Å². The molecule has 8 aromatic carbocycles. The molecule has 3 aromatic heterocycles. The SMILES string of the molecule is Cc1c(-c2cccc(N3c4ccccc4CCc4ccccc43)c2)cccc1-c1nc2nc3nc(-c4cccc(-c5cccc(N6c7ccccc7CCc7ccccc76)c5)c4C)sc3nc2s1. The molecule has 0 unspecified atom stereocenters. The number of aromatic nitrogens is 4. The molecule has 0 N–H and O–H groups in total. The van der Waals surface area contributed by atoms with Crippen LogP contribution in [0.2, 0.25) is 0 Å². The van der Waals surface area contributed by atoms with Crippen LogP contribution in [0.3, 0.4) is 0 Å². The summed E-state index contributed by atoms with van der Waals surface area (Å²) in [5, 5.41) is 1.81. The van der Waals surface area contributed by atoms with Crippen LogP contribution in [0.15, 0.2) is 182 Å². The minimum absolute atomic E-state index is 0.624. The number of hydrogen-bond donors (Lipinski definition) is 0. The second-order valence-electron chi connectivity index (χ2n) is 17.8. The van der Waals surface area contributed by atoms with E-state index in [2.05, 4.69) is 206 Å². The van der Waals surface area contributed by atoms with Crippen LogP contribution in [-0.4, -0.2) is 19.9 Å². The Balaban J connectivity index is 0.817. The lowest BCUT2D eigenvalue weighted by Crippen LogP contribution is -2.11. The Kier molecular flexibility index (Phi) is 9.84. The smallest absolute Gasteiger partial charge is 0.192 e. The molecule has 5 heterocycles. The number of thiazole rings is 2. The third-order valence-corrected chi connectivity index (χ3v) is 15.8. The number of anilines is 6. The summed E-state index contributed by atoms with van der Waals surface area (Å²) < 4.78 is 0. The van der Waals surface area contributed by atoms with Crippen molar-refractivity contribution in [3.05, 3.63) is 215 Å². The standard InChI is InChI=1S/C60H44N6S2/c1-37-47(43-19-11-21-45(35-43)65-51-27-7-3-15-39(51)31-32-40-16-4-8-28-52(40)65)23-13-25-49(37)57-62-55-59(67-57)64-60-56(61-55)63-58(68-60)50-26-14-24-48(38(50)2)44-20-12-22-46(36-44)66-53-29-9-5-17-41(53)33-34-42-18-6-10-30-54(42)66/h3-30,35-36H,31-34H2,1-2H3. The average molecular weight is 913 g/mol. The van der Waals surface area contributed by atoms with Crippen LogP contribution in [0.25, 0.3) is 64.4 Å². The van der Waals surface area contributed by atoms with E-state index in [0.29, 0.717) is 11.3 Å². The Morgan fingerprint density at radius 2 is 0.706 bits per heavy atom. The van der Waals surface area contributed by atoms with Gasteiger partial charge in [-0.25, -0.2) is 19.9 Å². The molecule has 8 heteroatoms. The third kappa shape index (κ3) is 6.90. The Labute approximate surface area is 403 Å². The molecule has 0 amide bonds. The largest absolute Gasteiger partial charge is 0.310 e. The number of benzene rings is 8. The molecular formula is C60H44N6S2. The van der Waals surface area contributed by atoms with Gasteiger partial charge in [-0.2, -0.15) is 0 Å². The van der Waals surface area contributed by atoms with Crippen molar-refractivity contribution in [3.8, 4) is 43.4 Å². The zero-order valence-corrected chi connectivity index (χ0v) is 39.3. The second kappa shape index (κ2) is 16.5. The molecule has 11 aromatic rings. The van der Waals surface area contributed by atoms with E-state index >= 15 is 0 Å². The predicted octanol–water partition coefficient (Wildman–Crippen LogP) is 16.1. The van der Waals surface area contributed by atoms with Gasteiger partial charge in [0.1, 0.15) is 10.0 Å². The van der Waals surface area contributed by atoms with E-state index in [1.165, 1.54) is 67.3 Å². The van der Waals surface area contributed by atoms with E-state index in [9.17, 15) is 0 Å². The molecule has 0 radical (unpaired) electrons. The fourth-order valence-corrected chi connectivity index (χ4v) is 12.4. The highest BCUT2D eigenvalue weighted by atomic mass is 32.1. The maximum atomic E-state index is 5.14. The van der Waals surface area contributed by atoms with Gasteiger partial charge in [0, 0.05) is 45.3 Å². The van der Waals surface area contributed by atoms with Gasteiger partial charge in [0.15, 0.2) is 21.0 Å². The van der Waals surface area contributed by atoms with E-state index in [0.717, 1.165) is 79.0 Å². The zero-order valence-electron chi connectivity index (χ0n) is 37.6. The van der Waals surface area contributed by atoms with Gasteiger partial charge in [-0.15, -0.1) is 0 Å². The topological polar surface area (TPSA) is 58.0 Å². The lowest BCUT2D eigenvalue weighted by atomic mass is 9.96. The highest BCUT2D eigenvalue weighted by Gasteiger charge is 2.25. The fourth-order valence-electron chi connectivity index (χ4n) is 10.4. The first-order valence-corrected chi connectivity index (χ1v) is 24.9. The highest BCUT2D eigenvalue weighted by molar-refractivity contribution is 7.23. The van der Waals surface area contributed by atoms with Crippen LogP contribution in [0, 0.1) is 13.8 Å². The average Bonchev–Trinajstić information content (AvgIpc) is 3.89. The number of rotatable bonds is 6. The molecule has 6 nitrogen and oxygen atoms in total. The molecule has 0 atom stereocenters. The Morgan fingerprint density at radius 3 is 1.10 bits per heavy atom. The van der Waals surface area contributed by atoms with Crippen molar-refractivity contribution >= 4 is 77.8 Å². The molecule has 2 aliphatic heterocycles. The fraction of sp³-hybridized carbons (Fsp3) is 0.100. The quantitative estimate of drug-likeness (QED) is 0.166. The van der Waals surface area contributed by atoms with Crippen LogP contribution in [0.1, 0.15) is 33.4 Å². The van der Waals surface area contributed by atoms with Crippen molar-refractivity contribution in [1.82, 2.24) is 19.9 Å². The minimum Gasteiger partial charge on any atom is -0.310 e. The molecule has 0 fully saturated rings. The molecule has 326 valence electrons. The van der Waals surface area contributed by atoms with Crippen LogP contribution in [0.4, 0.5) is 34.1 Å². The highest BCUT2D eigenvalue weighted by Crippen LogP contribution is 2.46. The number of para-hydroxylation sites is 4. The van der Waals surface area contributed by atoms with Gasteiger partial charge in [-0.1, -0.05) is 156 Å². The molecule has 68 heavy (non-hydrogen) atoms. The molecule has 0 spiro atoms. The lowest BCUT2D eigenvalue weighted by Gasteiger charge is -2.27. The summed E-state index contributed by atoms with van der Waals surface area (Å²) in [5.74, 6) is 0. The summed E-state index contributed by atoms with van der Waals surface area (Å²) in [6.07, 6.45) is 4.06. The van der Waals surface area contributed by atoms with Crippen LogP contribution < -0.4 is 9.80 Å². The summed E-state index contributed by atoms with van der Waals surface area (Å²) in [5.41, 5.74) is 23.1. The first-order valence-electron chi connectivity index (χ1n) is 23.3. The summed E-state index contributed by atoms with van der Waals surface area (Å²) >= 11 is 3.18. The maximum absolute atomic E-state index is 5.14. The summed E-state index contributed by atoms with van der Waals surface area (Å²) in [6, 6.07) is 66.2. The van der Waals surface area contributed by atoms with Gasteiger partial charge in [-0.05, 0) is 144 Å². The lowest BCUT2D eigenvalue weighted by molar-refractivity contribution is 0.977. The number of fused-ring (bicyclic) bond motifs is 6. The number of nitrogens with zero attached hydrogens (tertiary/aromatic N) is 6. The van der Waals surface area contributed by atoms with Crippen molar-refractivity contribution in [2.45, 2.75) is 39.5 Å². The van der Waals surface area contributed by atoms with E-state index in [4.69, 9.17) is 19.9 Å². The molecule has 0 saturated carbocycles. The van der Waals surface area contributed by atoms with Gasteiger partial charge in [-0.3, -0.25) is 0 Å². The summed E-state index contributed by atoms with van der Waals surface area (Å²) in [6.45, 7) is 4.40. The van der Waals surface area contributed by atoms with Crippen molar-refractivity contribution in [2.24, 2.45) is 0 Å². The van der Waals surface area contributed by atoms with E-state index in [-0.39, 0.29) is 0 Å². The summed E-state index contributed by atoms with van der Waals surface area (Å²) in [4.78, 5) is 26.9. The Bertz CT molecular complexity index is 3390. The van der Waals surface area contributed by atoms with Crippen molar-refractivity contribution in [1.29, 1.82) is 0 Å². The molecule has 0 aliphatic carbocycles. The number of hydrogen-bond acceptors (Lipinski definition) is 8.